The second kappa shape index (κ2) is 10.2. The fraction of sp³-hybridized carbons (Fsp3) is 0.214. The van der Waals surface area contributed by atoms with Gasteiger partial charge in [-0.2, -0.15) is 0 Å². The van der Waals surface area contributed by atoms with Crippen LogP contribution in [0, 0.1) is 0 Å². The maximum atomic E-state index is 13.9. The number of amides is 1. The van der Waals surface area contributed by atoms with Crippen molar-refractivity contribution in [2.75, 3.05) is 19.5 Å². The number of allylic oxidation sites excluding steroid dienone is 1. The second-order valence-corrected chi connectivity index (χ2v) is 9.62. The van der Waals surface area contributed by atoms with E-state index in [0.717, 1.165) is 21.9 Å². The van der Waals surface area contributed by atoms with Crippen molar-refractivity contribution >= 4 is 29.1 Å². The molecule has 1 N–H and O–H groups in total. The van der Waals surface area contributed by atoms with Crippen LogP contribution in [0.1, 0.15) is 24.5 Å². The van der Waals surface area contributed by atoms with E-state index in [-0.39, 0.29) is 11.7 Å². The molecule has 0 aromatic heterocycles. The fourth-order valence-electron chi connectivity index (χ4n) is 4.13. The molecule has 0 spiro atoms. The minimum Gasteiger partial charge on any atom is -0.497 e. The third kappa shape index (κ3) is 4.87. The Labute approximate surface area is 204 Å². The zero-order valence-corrected chi connectivity index (χ0v) is 20.4. The number of carbonyl (C=O) groups is 2. The fourth-order valence-corrected chi connectivity index (χ4v) is 5.64. The molecule has 1 heterocycles. The molecule has 1 aliphatic heterocycles. The summed E-state index contributed by atoms with van der Waals surface area (Å²) in [5, 5.41) is 3.91. The van der Waals surface area contributed by atoms with Gasteiger partial charge < -0.3 is 15.0 Å². The molecule has 1 unspecified atom stereocenters. The molecule has 0 aliphatic carbocycles. The first-order valence-electron chi connectivity index (χ1n) is 11.1. The summed E-state index contributed by atoms with van der Waals surface area (Å²) in [6.45, 7) is 2.22. The molecule has 3 aromatic carbocycles. The quantitative estimate of drug-likeness (QED) is 0.463. The van der Waals surface area contributed by atoms with Crippen LogP contribution in [0.15, 0.2) is 95.5 Å². The number of benzene rings is 3. The SMILES string of the molecule is COc1ccc(NC(=O)C2(c3ccccc3)CC(C(C)=O)=C(N(C)Cc3ccccc3)S2)cc1. The summed E-state index contributed by atoms with van der Waals surface area (Å²) in [5.41, 5.74) is 3.36. The number of hydrogen-bond donors (Lipinski definition) is 1. The van der Waals surface area contributed by atoms with Crippen LogP contribution in [-0.2, 0) is 20.9 Å². The number of nitrogens with zero attached hydrogens (tertiary/aromatic N) is 1. The molecule has 174 valence electrons. The molecule has 1 aliphatic rings. The molecule has 0 fully saturated rings. The van der Waals surface area contributed by atoms with Crippen LogP contribution in [0.2, 0.25) is 0 Å². The average Bonchev–Trinajstić information content (AvgIpc) is 3.29. The number of rotatable bonds is 8. The third-order valence-electron chi connectivity index (χ3n) is 5.94. The molecule has 1 atom stereocenters. The number of carbonyl (C=O) groups excluding carboxylic acids is 2. The van der Waals surface area contributed by atoms with Crippen molar-refractivity contribution < 1.29 is 14.3 Å². The molecule has 3 aromatic rings. The maximum absolute atomic E-state index is 13.9. The monoisotopic (exact) mass is 472 g/mol. The number of nitrogens with one attached hydrogen (secondary N) is 1. The molecule has 1 amide bonds. The van der Waals surface area contributed by atoms with Gasteiger partial charge in [-0.05, 0) is 42.3 Å². The van der Waals surface area contributed by atoms with Crippen LogP contribution in [0.4, 0.5) is 5.69 Å². The minimum atomic E-state index is -0.956. The summed E-state index contributed by atoms with van der Waals surface area (Å²) >= 11 is 1.46. The van der Waals surface area contributed by atoms with E-state index in [9.17, 15) is 9.59 Å². The Kier molecular flexibility index (Phi) is 7.08. The number of methoxy groups -OCH3 is 1. The number of thioether (sulfide) groups is 1. The normalized spacial score (nSPS) is 17.4. The predicted octanol–water partition coefficient (Wildman–Crippen LogP) is 5.60. The van der Waals surface area contributed by atoms with E-state index >= 15 is 0 Å². The summed E-state index contributed by atoms with van der Waals surface area (Å²) < 4.78 is 4.27. The number of anilines is 1. The highest BCUT2D eigenvalue weighted by molar-refractivity contribution is 8.05. The van der Waals surface area contributed by atoms with Crippen molar-refractivity contribution in [3.63, 3.8) is 0 Å². The Morgan fingerprint density at radius 3 is 2.18 bits per heavy atom. The van der Waals surface area contributed by atoms with E-state index in [0.29, 0.717) is 24.2 Å². The molecular formula is C28H28N2O3S. The first-order valence-corrected chi connectivity index (χ1v) is 11.9. The Bertz CT molecular complexity index is 1190. The highest BCUT2D eigenvalue weighted by Crippen LogP contribution is 2.54. The van der Waals surface area contributed by atoms with Crippen molar-refractivity contribution in [2.24, 2.45) is 0 Å². The Morgan fingerprint density at radius 2 is 1.59 bits per heavy atom. The van der Waals surface area contributed by atoms with Crippen LogP contribution < -0.4 is 10.1 Å². The number of ketones is 1. The van der Waals surface area contributed by atoms with Gasteiger partial charge in [0.05, 0.1) is 12.1 Å². The minimum absolute atomic E-state index is 0.0162. The summed E-state index contributed by atoms with van der Waals surface area (Å²) in [5.74, 6) is 0.546. The van der Waals surface area contributed by atoms with Gasteiger partial charge in [0.15, 0.2) is 5.78 Å². The molecule has 4 rings (SSSR count). The highest BCUT2D eigenvalue weighted by Gasteiger charge is 2.49. The third-order valence-corrected chi connectivity index (χ3v) is 7.61. The maximum Gasteiger partial charge on any atom is 0.245 e. The van der Waals surface area contributed by atoms with E-state index in [1.807, 2.05) is 79.8 Å². The summed E-state index contributed by atoms with van der Waals surface area (Å²) in [6.07, 6.45) is 0.327. The van der Waals surface area contributed by atoms with Crippen molar-refractivity contribution in [2.45, 2.75) is 24.6 Å². The van der Waals surface area contributed by atoms with Gasteiger partial charge in [-0.15, -0.1) is 0 Å². The molecule has 0 bridgehead atoms. The van der Waals surface area contributed by atoms with E-state index in [1.165, 1.54) is 11.8 Å². The average molecular weight is 473 g/mol. The zero-order chi connectivity index (χ0) is 24.1. The lowest BCUT2D eigenvalue weighted by Gasteiger charge is -2.30. The zero-order valence-electron chi connectivity index (χ0n) is 19.6. The van der Waals surface area contributed by atoms with Crippen molar-refractivity contribution in [1.82, 2.24) is 4.90 Å². The summed E-state index contributed by atoms with van der Waals surface area (Å²) in [6, 6.07) is 27.1. The van der Waals surface area contributed by atoms with Crippen molar-refractivity contribution in [3.05, 3.63) is 107 Å². The first kappa shape index (κ1) is 23.6. The summed E-state index contributed by atoms with van der Waals surface area (Å²) in [7, 11) is 3.58. The number of ether oxygens (including phenoxy) is 1. The van der Waals surface area contributed by atoms with Gasteiger partial charge in [-0.1, -0.05) is 72.4 Å². The molecule has 0 saturated heterocycles. The van der Waals surface area contributed by atoms with Crippen molar-refractivity contribution in [3.8, 4) is 5.75 Å². The smallest absolute Gasteiger partial charge is 0.245 e. The van der Waals surface area contributed by atoms with Gasteiger partial charge >= 0.3 is 0 Å². The van der Waals surface area contributed by atoms with Crippen LogP contribution >= 0.6 is 11.8 Å². The lowest BCUT2D eigenvalue weighted by molar-refractivity contribution is -0.118. The second-order valence-electron chi connectivity index (χ2n) is 8.34. The molecule has 6 heteroatoms. The summed E-state index contributed by atoms with van der Waals surface area (Å²) in [4.78, 5) is 28.7. The molecule has 0 radical (unpaired) electrons. The van der Waals surface area contributed by atoms with Gasteiger partial charge in [0.2, 0.25) is 5.91 Å². The van der Waals surface area contributed by atoms with Gasteiger partial charge in [-0.3, -0.25) is 9.59 Å². The number of Topliss-reactive ketones (excluding diaryl/α,β-unsaturated/α-hetero) is 1. The van der Waals surface area contributed by atoms with Crippen LogP contribution in [0.25, 0.3) is 0 Å². The van der Waals surface area contributed by atoms with Crippen LogP contribution in [-0.4, -0.2) is 30.7 Å². The standard InChI is InChI=1S/C28H28N2O3S/c1-20(31)25-18-28(22-12-8-5-9-13-22,27(32)29-23-14-16-24(33-3)17-15-23)34-26(25)30(2)19-21-10-6-4-7-11-21/h4-17H,18-19H2,1-3H3,(H,29,32). The largest absolute Gasteiger partial charge is 0.497 e. The first-order chi connectivity index (χ1) is 16.4. The molecule has 34 heavy (non-hydrogen) atoms. The molecule has 5 nitrogen and oxygen atoms in total. The van der Waals surface area contributed by atoms with Gasteiger partial charge in [0.25, 0.3) is 0 Å². The van der Waals surface area contributed by atoms with E-state index < -0.39 is 4.75 Å². The lowest BCUT2D eigenvalue weighted by Crippen LogP contribution is -2.36. The topological polar surface area (TPSA) is 58.6 Å². The van der Waals surface area contributed by atoms with Crippen molar-refractivity contribution in [1.29, 1.82) is 0 Å². The lowest BCUT2D eigenvalue weighted by atomic mass is 9.89. The van der Waals surface area contributed by atoms with Crippen LogP contribution in [0.5, 0.6) is 5.75 Å². The molecule has 0 saturated carbocycles. The molecular weight excluding hydrogens is 444 g/mol. The Morgan fingerprint density at radius 1 is 0.971 bits per heavy atom. The van der Waals surface area contributed by atoms with E-state index in [2.05, 4.69) is 22.3 Å². The predicted molar refractivity (Wildman–Crippen MR) is 138 cm³/mol. The van der Waals surface area contributed by atoms with E-state index in [4.69, 9.17) is 4.74 Å². The Hall–Kier alpha value is -3.51. The van der Waals surface area contributed by atoms with Gasteiger partial charge in [0, 0.05) is 31.3 Å². The van der Waals surface area contributed by atoms with Crippen LogP contribution in [0.3, 0.4) is 0 Å². The van der Waals surface area contributed by atoms with E-state index in [1.54, 1.807) is 14.0 Å². The number of hydrogen-bond acceptors (Lipinski definition) is 5. The highest BCUT2D eigenvalue weighted by atomic mass is 32.2. The Balaban J connectivity index is 1.68. The van der Waals surface area contributed by atoms with Gasteiger partial charge in [0.1, 0.15) is 10.5 Å². The van der Waals surface area contributed by atoms with Gasteiger partial charge in [-0.25, -0.2) is 0 Å².